The first kappa shape index (κ1) is 21.1. The zero-order valence-electron chi connectivity index (χ0n) is 16.9. The van der Waals surface area contributed by atoms with Gasteiger partial charge in [0.25, 0.3) is 5.91 Å². The Hall–Kier alpha value is -2.58. The summed E-state index contributed by atoms with van der Waals surface area (Å²) in [4.78, 5) is 12.3. The summed E-state index contributed by atoms with van der Waals surface area (Å²) in [5, 5.41) is 2.71. The quantitative estimate of drug-likeness (QED) is 0.745. The van der Waals surface area contributed by atoms with Crippen LogP contribution in [0.1, 0.15) is 27.0 Å². The van der Waals surface area contributed by atoms with Crippen molar-refractivity contribution in [3.63, 3.8) is 0 Å². The summed E-state index contributed by atoms with van der Waals surface area (Å²) in [7, 11) is -0.370. The van der Waals surface area contributed by atoms with E-state index in [0.717, 1.165) is 16.7 Å². The number of aryl methyl sites for hydroxylation is 1. The second-order valence-corrected chi connectivity index (χ2v) is 9.03. The van der Waals surface area contributed by atoms with Gasteiger partial charge >= 0.3 is 0 Å². The van der Waals surface area contributed by atoms with Gasteiger partial charge in [-0.05, 0) is 48.2 Å². The number of rotatable bonds is 7. The monoisotopic (exact) mass is 418 g/mol. The molecular formula is C21H26N2O5S. The molecule has 0 aliphatic carbocycles. The predicted octanol–water partition coefficient (Wildman–Crippen LogP) is 2.13. The minimum atomic E-state index is -3.50. The molecule has 156 valence electrons. The van der Waals surface area contributed by atoms with E-state index in [9.17, 15) is 13.2 Å². The van der Waals surface area contributed by atoms with Crippen LogP contribution in [0.15, 0.2) is 36.4 Å². The van der Waals surface area contributed by atoms with Gasteiger partial charge in [0.05, 0.1) is 20.0 Å². The fourth-order valence-electron chi connectivity index (χ4n) is 3.44. The normalized spacial score (nSPS) is 14.2. The topological polar surface area (TPSA) is 84.9 Å². The zero-order valence-corrected chi connectivity index (χ0v) is 17.7. The molecular weight excluding hydrogens is 392 g/mol. The zero-order chi connectivity index (χ0) is 21.0. The summed E-state index contributed by atoms with van der Waals surface area (Å²) in [6, 6.07) is 10.9. The summed E-state index contributed by atoms with van der Waals surface area (Å²) in [5.74, 6) is 0.810. The van der Waals surface area contributed by atoms with Crippen molar-refractivity contribution < 1.29 is 22.7 Å². The molecule has 2 aromatic carbocycles. The first-order chi connectivity index (χ1) is 13.9. The molecule has 0 fully saturated rings. The van der Waals surface area contributed by atoms with E-state index in [1.54, 1.807) is 26.4 Å². The molecule has 7 nitrogen and oxygen atoms in total. The molecule has 3 rings (SSSR count). The molecule has 1 aliphatic heterocycles. The van der Waals surface area contributed by atoms with E-state index >= 15 is 0 Å². The highest BCUT2D eigenvalue weighted by Gasteiger charge is 2.27. The van der Waals surface area contributed by atoms with Crippen LogP contribution < -0.4 is 14.8 Å². The molecule has 0 bridgehead atoms. The standard InChI is InChI=1S/C21H26N2O5S/c1-15-6-4-5-7-18(15)21(24)22-9-11-29(25,26)23-10-8-16-12-19(27-2)20(28-3)13-17(16)14-23/h4-7,12-13H,8-11,14H2,1-3H3,(H,22,24). The number of carbonyl (C=O) groups is 1. The largest absolute Gasteiger partial charge is 0.493 e. The average molecular weight is 419 g/mol. The molecule has 1 amide bonds. The van der Waals surface area contributed by atoms with Crippen molar-refractivity contribution in [3.8, 4) is 11.5 Å². The molecule has 0 radical (unpaired) electrons. The molecule has 0 saturated carbocycles. The Morgan fingerprint density at radius 1 is 1.10 bits per heavy atom. The first-order valence-electron chi connectivity index (χ1n) is 9.41. The van der Waals surface area contributed by atoms with Crippen LogP contribution in [0.3, 0.4) is 0 Å². The molecule has 0 atom stereocenters. The molecule has 1 aliphatic rings. The van der Waals surface area contributed by atoms with Crippen molar-refractivity contribution in [2.45, 2.75) is 19.9 Å². The number of carbonyl (C=O) groups excluding carboxylic acids is 1. The lowest BCUT2D eigenvalue weighted by molar-refractivity contribution is 0.0955. The molecule has 1 heterocycles. The van der Waals surface area contributed by atoms with Gasteiger partial charge in [-0.1, -0.05) is 18.2 Å². The summed E-state index contributed by atoms with van der Waals surface area (Å²) >= 11 is 0. The van der Waals surface area contributed by atoms with Gasteiger partial charge < -0.3 is 14.8 Å². The number of fused-ring (bicyclic) bond motifs is 1. The SMILES string of the molecule is COc1cc2c(cc1OC)CN(S(=O)(=O)CCNC(=O)c1ccccc1C)CC2. The van der Waals surface area contributed by atoms with Crippen LogP contribution in [0.4, 0.5) is 0 Å². The number of benzene rings is 2. The third-order valence-electron chi connectivity index (χ3n) is 5.11. The minimum Gasteiger partial charge on any atom is -0.493 e. The van der Waals surface area contributed by atoms with Gasteiger partial charge in [0.15, 0.2) is 11.5 Å². The van der Waals surface area contributed by atoms with E-state index in [0.29, 0.717) is 30.0 Å². The smallest absolute Gasteiger partial charge is 0.251 e. The van der Waals surface area contributed by atoms with E-state index in [4.69, 9.17) is 9.47 Å². The van der Waals surface area contributed by atoms with Crippen LogP contribution in [0, 0.1) is 6.92 Å². The van der Waals surface area contributed by atoms with Gasteiger partial charge in [-0.25, -0.2) is 8.42 Å². The predicted molar refractivity (Wildman–Crippen MR) is 111 cm³/mol. The van der Waals surface area contributed by atoms with E-state index in [1.807, 2.05) is 31.2 Å². The van der Waals surface area contributed by atoms with Crippen molar-refractivity contribution in [1.82, 2.24) is 9.62 Å². The number of ether oxygens (including phenoxy) is 2. The van der Waals surface area contributed by atoms with E-state index in [-0.39, 0.29) is 24.7 Å². The van der Waals surface area contributed by atoms with E-state index in [1.165, 1.54) is 4.31 Å². The van der Waals surface area contributed by atoms with Crippen molar-refractivity contribution in [3.05, 3.63) is 58.7 Å². The van der Waals surface area contributed by atoms with E-state index < -0.39 is 10.0 Å². The Labute approximate surface area is 171 Å². The molecule has 29 heavy (non-hydrogen) atoms. The molecule has 1 N–H and O–H groups in total. The van der Waals surface area contributed by atoms with Gasteiger partial charge in [-0.15, -0.1) is 0 Å². The minimum absolute atomic E-state index is 0.0603. The summed E-state index contributed by atoms with van der Waals surface area (Å²) in [6.45, 7) is 2.59. The number of methoxy groups -OCH3 is 2. The Kier molecular flexibility index (Phi) is 6.44. The fourth-order valence-corrected chi connectivity index (χ4v) is 4.76. The second kappa shape index (κ2) is 8.84. The third-order valence-corrected chi connectivity index (χ3v) is 6.93. The Morgan fingerprint density at radius 3 is 2.41 bits per heavy atom. The Morgan fingerprint density at radius 2 is 1.76 bits per heavy atom. The molecule has 2 aromatic rings. The molecule has 0 saturated heterocycles. The van der Waals surface area contributed by atoms with Crippen molar-refractivity contribution in [1.29, 1.82) is 0 Å². The lowest BCUT2D eigenvalue weighted by Gasteiger charge is -2.29. The van der Waals surface area contributed by atoms with Gasteiger partial charge in [0, 0.05) is 25.2 Å². The van der Waals surface area contributed by atoms with Crippen LogP contribution in [0.25, 0.3) is 0 Å². The lowest BCUT2D eigenvalue weighted by Crippen LogP contribution is -2.40. The van der Waals surface area contributed by atoms with Gasteiger partial charge in [0.2, 0.25) is 10.0 Å². The Balaban J connectivity index is 1.63. The maximum absolute atomic E-state index is 12.8. The summed E-state index contributed by atoms with van der Waals surface area (Å²) in [6.07, 6.45) is 0.602. The highest BCUT2D eigenvalue weighted by atomic mass is 32.2. The highest BCUT2D eigenvalue weighted by Crippen LogP contribution is 2.33. The third kappa shape index (κ3) is 4.71. The van der Waals surface area contributed by atoms with E-state index in [2.05, 4.69) is 5.32 Å². The van der Waals surface area contributed by atoms with Crippen molar-refractivity contribution in [2.75, 3.05) is 33.1 Å². The van der Waals surface area contributed by atoms with Crippen molar-refractivity contribution >= 4 is 15.9 Å². The van der Waals surface area contributed by atoms with Gasteiger partial charge in [-0.2, -0.15) is 4.31 Å². The number of hydrogen-bond acceptors (Lipinski definition) is 5. The van der Waals surface area contributed by atoms with Crippen LogP contribution in [-0.2, 0) is 23.0 Å². The first-order valence-corrected chi connectivity index (χ1v) is 11.0. The number of amides is 1. The molecule has 0 spiro atoms. The fraction of sp³-hybridized carbons (Fsp3) is 0.381. The summed E-state index contributed by atoms with van der Waals surface area (Å²) < 4.78 is 37.7. The maximum atomic E-state index is 12.8. The van der Waals surface area contributed by atoms with Crippen LogP contribution >= 0.6 is 0 Å². The summed E-state index contributed by atoms with van der Waals surface area (Å²) in [5.41, 5.74) is 3.37. The maximum Gasteiger partial charge on any atom is 0.251 e. The van der Waals surface area contributed by atoms with Gasteiger partial charge in [0.1, 0.15) is 0 Å². The number of sulfonamides is 1. The second-order valence-electron chi connectivity index (χ2n) is 6.95. The Bertz CT molecular complexity index is 1000. The lowest BCUT2D eigenvalue weighted by atomic mass is 10.0. The number of nitrogens with zero attached hydrogens (tertiary/aromatic N) is 1. The van der Waals surface area contributed by atoms with Crippen LogP contribution in [0.5, 0.6) is 11.5 Å². The number of hydrogen-bond donors (Lipinski definition) is 1. The molecule has 8 heteroatoms. The van der Waals surface area contributed by atoms with Gasteiger partial charge in [-0.3, -0.25) is 4.79 Å². The molecule has 0 aromatic heterocycles. The average Bonchev–Trinajstić information content (AvgIpc) is 2.72. The number of nitrogens with one attached hydrogen (secondary N) is 1. The molecule has 0 unspecified atom stereocenters. The van der Waals surface area contributed by atoms with Crippen LogP contribution in [0.2, 0.25) is 0 Å². The highest BCUT2D eigenvalue weighted by molar-refractivity contribution is 7.89. The van der Waals surface area contributed by atoms with Crippen molar-refractivity contribution in [2.24, 2.45) is 0 Å². The van der Waals surface area contributed by atoms with Crippen LogP contribution in [-0.4, -0.2) is 51.7 Å².